The zero-order valence-corrected chi connectivity index (χ0v) is 14.0. The van der Waals surface area contributed by atoms with E-state index in [0.29, 0.717) is 11.4 Å². The van der Waals surface area contributed by atoms with Crippen LogP contribution in [0.4, 0.5) is 18.9 Å². The van der Waals surface area contributed by atoms with Crippen molar-refractivity contribution in [2.45, 2.75) is 13.1 Å². The number of methoxy groups -OCH3 is 1. The normalized spacial score (nSPS) is 12.8. The van der Waals surface area contributed by atoms with Crippen molar-refractivity contribution in [3.8, 4) is 5.75 Å². The SMILES string of the molecule is COc1ccc(C(O)=C(C=Nc2cccc(C)c2)C(=O)C(F)(F)F)cc1. The second-order valence-electron chi connectivity index (χ2n) is 5.41. The first-order chi connectivity index (χ1) is 12.2. The lowest BCUT2D eigenvalue weighted by Gasteiger charge is -2.09. The molecule has 1 N–H and O–H groups in total. The molecule has 0 saturated carbocycles. The van der Waals surface area contributed by atoms with Gasteiger partial charge in [-0.3, -0.25) is 9.79 Å². The molecule has 0 bridgehead atoms. The Hall–Kier alpha value is -3.09. The highest BCUT2D eigenvalue weighted by atomic mass is 19.4. The van der Waals surface area contributed by atoms with Gasteiger partial charge in [0.25, 0.3) is 5.78 Å². The minimum Gasteiger partial charge on any atom is -0.506 e. The number of carbonyl (C=O) groups is 1. The fraction of sp³-hybridized carbons (Fsp3) is 0.158. The van der Waals surface area contributed by atoms with E-state index in [9.17, 15) is 23.1 Å². The Morgan fingerprint density at radius 2 is 1.81 bits per heavy atom. The molecule has 0 aliphatic rings. The van der Waals surface area contributed by atoms with Gasteiger partial charge in [0.2, 0.25) is 0 Å². The number of carbonyl (C=O) groups excluding carboxylic acids is 1. The van der Waals surface area contributed by atoms with Gasteiger partial charge in [-0.1, -0.05) is 12.1 Å². The van der Waals surface area contributed by atoms with E-state index < -0.39 is 23.3 Å². The Labute approximate surface area is 148 Å². The number of alkyl halides is 3. The molecule has 0 saturated heterocycles. The Morgan fingerprint density at radius 3 is 2.35 bits per heavy atom. The van der Waals surface area contributed by atoms with Crippen LogP contribution in [0.1, 0.15) is 11.1 Å². The highest BCUT2D eigenvalue weighted by Gasteiger charge is 2.41. The first-order valence-electron chi connectivity index (χ1n) is 7.52. The van der Waals surface area contributed by atoms with Crippen LogP contribution >= 0.6 is 0 Å². The molecule has 0 heterocycles. The summed E-state index contributed by atoms with van der Waals surface area (Å²) in [7, 11) is 1.43. The number of hydrogen-bond acceptors (Lipinski definition) is 4. The molecule has 0 fully saturated rings. The summed E-state index contributed by atoms with van der Waals surface area (Å²) >= 11 is 0. The predicted octanol–water partition coefficient (Wildman–Crippen LogP) is 4.81. The Kier molecular flexibility index (Phi) is 5.82. The molecule has 26 heavy (non-hydrogen) atoms. The number of hydrogen-bond donors (Lipinski definition) is 1. The number of halogens is 3. The summed E-state index contributed by atoms with van der Waals surface area (Å²) in [4.78, 5) is 15.6. The summed E-state index contributed by atoms with van der Waals surface area (Å²) in [6.07, 6.45) is -4.42. The molecule has 2 aromatic carbocycles. The summed E-state index contributed by atoms with van der Waals surface area (Å²) in [5.74, 6) is -2.53. The van der Waals surface area contributed by atoms with Gasteiger partial charge in [0.1, 0.15) is 11.5 Å². The number of Topliss-reactive ketones (excluding diaryl/α,β-unsaturated/α-hetero) is 1. The van der Waals surface area contributed by atoms with E-state index in [1.165, 1.54) is 31.4 Å². The van der Waals surface area contributed by atoms with E-state index in [4.69, 9.17) is 4.74 Å². The highest BCUT2D eigenvalue weighted by molar-refractivity contribution is 6.20. The van der Waals surface area contributed by atoms with Gasteiger partial charge < -0.3 is 9.84 Å². The first kappa shape index (κ1) is 19.2. The van der Waals surface area contributed by atoms with Crippen LogP contribution in [0.25, 0.3) is 5.76 Å². The highest BCUT2D eigenvalue weighted by Crippen LogP contribution is 2.26. The standard InChI is InChI=1S/C19H16F3NO3/c1-12-4-3-5-14(10-12)23-11-16(18(25)19(20,21)22)17(24)13-6-8-15(26-2)9-7-13/h3-11,24H,1-2H3. The first-order valence-corrected chi connectivity index (χ1v) is 7.52. The summed E-state index contributed by atoms with van der Waals surface area (Å²) in [5.41, 5.74) is 0.310. The van der Waals surface area contributed by atoms with Crippen molar-refractivity contribution in [3.63, 3.8) is 0 Å². The van der Waals surface area contributed by atoms with Crippen LogP contribution < -0.4 is 4.74 Å². The molecular weight excluding hydrogens is 347 g/mol. The van der Waals surface area contributed by atoms with Crippen molar-refractivity contribution in [2.75, 3.05) is 7.11 Å². The minimum absolute atomic E-state index is 0.0362. The molecule has 2 rings (SSSR count). The maximum absolute atomic E-state index is 12.9. The van der Waals surface area contributed by atoms with Crippen molar-refractivity contribution in [2.24, 2.45) is 4.99 Å². The van der Waals surface area contributed by atoms with Gasteiger partial charge in [-0.15, -0.1) is 0 Å². The number of aryl methyl sites for hydroxylation is 1. The summed E-state index contributed by atoms with van der Waals surface area (Å²) in [5, 5.41) is 10.2. The maximum atomic E-state index is 12.9. The van der Waals surface area contributed by atoms with E-state index in [-0.39, 0.29) is 5.56 Å². The van der Waals surface area contributed by atoms with E-state index in [1.54, 1.807) is 31.2 Å². The van der Waals surface area contributed by atoms with Gasteiger partial charge in [0, 0.05) is 11.8 Å². The van der Waals surface area contributed by atoms with E-state index in [0.717, 1.165) is 11.8 Å². The molecule has 7 heteroatoms. The van der Waals surface area contributed by atoms with Gasteiger partial charge in [0.15, 0.2) is 0 Å². The van der Waals surface area contributed by atoms with Crippen LogP contribution in [0.5, 0.6) is 5.75 Å². The number of rotatable bonds is 5. The number of benzene rings is 2. The third-order valence-corrected chi connectivity index (χ3v) is 3.47. The lowest BCUT2D eigenvalue weighted by Crippen LogP contribution is -2.26. The zero-order chi connectivity index (χ0) is 19.3. The lowest BCUT2D eigenvalue weighted by atomic mass is 10.0. The topological polar surface area (TPSA) is 58.9 Å². The summed E-state index contributed by atoms with van der Waals surface area (Å²) in [6.45, 7) is 1.80. The van der Waals surface area contributed by atoms with Crippen LogP contribution in [-0.4, -0.2) is 30.4 Å². The molecular formula is C19H16F3NO3. The van der Waals surface area contributed by atoms with Crippen molar-refractivity contribution in [1.82, 2.24) is 0 Å². The minimum atomic E-state index is -5.14. The molecule has 0 aliphatic heterocycles. The van der Waals surface area contributed by atoms with Crippen molar-refractivity contribution in [1.29, 1.82) is 0 Å². The molecule has 0 aromatic heterocycles. The second kappa shape index (κ2) is 7.86. The van der Waals surface area contributed by atoms with Gasteiger partial charge in [-0.05, 0) is 48.9 Å². The Bertz CT molecular complexity index is 853. The third kappa shape index (κ3) is 4.72. The molecule has 136 valence electrons. The number of ether oxygens (including phenoxy) is 1. The molecule has 0 atom stereocenters. The quantitative estimate of drug-likeness (QED) is 0.471. The van der Waals surface area contributed by atoms with E-state index in [1.807, 2.05) is 0 Å². The third-order valence-electron chi connectivity index (χ3n) is 3.47. The number of allylic oxidation sites excluding steroid dienone is 1. The Balaban J connectivity index is 2.50. The number of aliphatic hydroxyl groups excluding tert-OH is 1. The fourth-order valence-corrected chi connectivity index (χ4v) is 2.13. The maximum Gasteiger partial charge on any atom is 0.455 e. The van der Waals surface area contributed by atoms with Crippen LogP contribution in [0.15, 0.2) is 59.1 Å². The van der Waals surface area contributed by atoms with E-state index in [2.05, 4.69) is 4.99 Å². The average Bonchev–Trinajstić information content (AvgIpc) is 2.61. The van der Waals surface area contributed by atoms with Crippen LogP contribution in [-0.2, 0) is 4.79 Å². The number of nitrogens with zero attached hydrogens (tertiary/aromatic N) is 1. The smallest absolute Gasteiger partial charge is 0.455 e. The monoisotopic (exact) mass is 363 g/mol. The van der Waals surface area contributed by atoms with Crippen molar-refractivity contribution < 1.29 is 27.8 Å². The summed E-state index contributed by atoms with van der Waals surface area (Å²) < 4.78 is 43.7. The van der Waals surface area contributed by atoms with Crippen LogP contribution in [0.3, 0.4) is 0 Å². The number of aliphatic imine (C=N–C) groups is 1. The molecule has 0 amide bonds. The molecule has 0 spiro atoms. The van der Waals surface area contributed by atoms with Crippen LogP contribution in [0.2, 0.25) is 0 Å². The fourth-order valence-electron chi connectivity index (χ4n) is 2.13. The lowest BCUT2D eigenvalue weighted by molar-refractivity contribution is -0.165. The Morgan fingerprint density at radius 1 is 1.15 bits per heavy atom. The molecule has 4 nitrogen and oxygen atoms in total. The van der Waals surface area contributed by atoms with E-state index >= 15 is 0 Å². The summed E-state index contributed by atoms with van der Waals surface area (Å²) in [6, 6.07) is 12.3. The average molecular weight is 363 g/mol. The van der Waals surface area contributed by atoms with Gasteiger partial charge in [-0.25, -0.2) is 0 Å². The van der Waals surface area contributed by atoms with Crippen molar-refractivity contribution >= 4 is 23.4 Å². The van der Waals surface area contributed by atoms with Gasteiger partial charge in [0.05, 0.1) is 18.4 Å². The molecule has 2 aromatic rings. The largest absolute Gasteiger partial charge is 0.506 e. The van der Waals surface area contributed by atoms with Crippen LogP contribution in [0, 0.1) is 6.92 Å². The van der Waals surface area contributed by atoms with Gasteiger partial charge >= 0.3 is 6.18 Å². The molecule has 0 unspecified atom stereocenters. The predicted molar refractivity (Wildman–Crippen MR) is 92.9 cm³/mol. The van der Waals surface area contributed by atoms with Gasteiger partial charge in [-0.2, -0.15) is 13.2 Å². The molecule has 0 aliphatic carbocycles. The zero-order valence-electron chi connectivity index (χ0n) is 14.0. The number of aliphatic hydroxyl groups is 1. The second-order valence-corrected chi connectivity index (χ2v) is 5.41. The molecule has 0 radical (unpaired) electrons. The van der Waals surface area contributed by atoms with Crippen molar-refractivity contribution in [3.05, 3.63) is 65.2 Å². The number of ketones is 1.